The van der Waals surface area contributed by atoms with Crippen molar-refractivity contribution in [2.24, 2.45) is 0 Å². The lowest BCUT2D eigenvalue weighted by molar-refractivity contribution is 1.24. The molecular formula is C7H7N. The summed E-state index contributed by atoms with van der Waals surface area (Å²) in [5, 5.41) is 8.38. The third-order valence-electron chi connectivity index (χ3n) is 1.29. The molecular weight excluding hydrogens is 98.1 g/mol. The number of hydrogen-bond acceptors (Lipinski definition) is 1. The molecule has 1 rings (SSSR count). The van der Waals surface area contributed by atoms with Gasteiger partial charge in [-0.1, -0.05) is 11.6 Å². The SMILES string of the molecule is CC1=C(C#N)C=CC1. The van der Waals surface area contributed by atoms with E-state index in [1.54, 1.807) is 0 Å². The highest BCUT2D eigenvalue weighted by Crippen LogP contribution is 2.16. The van der Waals surface area contributed by atoms with Crippen molar-refractivity contribution in [1.29, 1.82) is 5.26 Å². The van der Waals surface area contributed by atoms with E-state index in [4.69, 9.17) is 5.26 Å². The first kappa shape index (κ1) is 5.11. The van der Waals surface area contributed by atoms with Crippen molar-refractivity contribution in [1.82, 2.24) is 0 Å². The van der Waals surface area contributed by atoms with Crippen LogP contribution < -0.4 is 0 Å². The molecule has 0 aromatic heterocycles. The van der Waals surface area contributed by atoms with Gasteiger partial charge in [0, 0.05) is 0 Å². The second-order valence-electron chi connectivity index (χ2n) is 1.91. The zero-order valence-electron chi connectivity index (χ0n) is 4.81. The maximum atomic E-state index is 8.38. The van der Waals surface area contributed by atoms with Gasteiger partial charge in [-0.3, -0.25) is 0 Å². The minimum atomic E-state index is 0.838. The van der Waals surface area contributed by atoms with E-state index in [0.29, 0.717) is 0 Å². The molecule has 1 nitrogen and oxygen atoms in total. The Morgan fingerprint density at radius 3 is 2.75 bits per heavy atom. The van der Waals surface area contributed by atoms with E-state index in [0.717, 1.165) is 12.0 Å². The Bertz CT molecular complexity index is 191. The highest BCUT2D eigenvalue weighted by Gasteiger charge is 2.00. The van der Waals surface area contributed by atoms with Gasteiger partial charge in [-0.05, 0) is 19.4 Å². The van der Waals surface area contributed by atoms with Gasteiger partial charge in [0.1, 0.15) is 0 Å². The third kappa shape index (κ3) is 0.651. The summed E-state index contributed by atoms with van der Waals surface area (Å²) in [7, 11) is 0. The minimum Gasteiger partial charge on any atom is -0.192 e. The molecule has 0 amide bonds. The van der Waals surface area contributed by atoms with Gasteiger partial charge in [-0.2, -0.15) is 5.26 Å². The summed E-state index contributed by atoms with van der Waals surface area (Å²) in [5.74, 6) is 0. The van der Waals surface area contributed by atoms with Gasteiger partial charge in [0.25, 0.3) is 0 Å². The number of nitrogens with zero attached hydrogens (tertiary/aromatic N) is 1. The molecule has 0 bridgehead atoms. The lowest BCUT2D eigenvalue weighted by Crippen LogP contribution is -1.70. The first-order valence-electron chi connectivity index (χ1n) is 2.61. The molecule has 0 saturated heterocycles. The van der Waals surface area contributed by atoms with Crippen LogP contribution in [0.25, 0.3) is 0 Å². The molecule has 0 aromatic carbocycles. The summed E-state index contributed by atoms with van der Waals surface area (Å²) < 4.78 is 0. The van der Waals surface area contributed by atoms with Crippen molar-refractivity contribution in [3.05, 3.63) is 23.3 Å². The molecule has 0 N–H and O–H groups in total. The van der Waals surface area contributed by atoms with Crippen LogP contribution in [0.5, 0.6) is 0 Å². The normalized spacial score (nSPS) is 17.0. The van der Waals surface area contributed by atoms with E-state index in [9.17, 15) is 0 Å². The lowest BCUT2D eigenvalue weighted by atomic mass is 10.2. The monoisotopic (exact) mass is 105 g/mol. The highest BCUT2D eigenvalue weighted by atomic mass is 14.2. The first-order valence-corrected chi connectivity index (χ1v) is 2.61. The fraction of sp³-hybridized carbons (Fsp3) is 0.286. The van der Waals surface area contributed by atoms with Crippen molar-refractivity contribution < 1.29 is 0 Å². The molecule has 1 aliphatic carbocycles. The van der Waals surface area contributed by atoms with Gasteiger partial charge in [-0.15, -0.1) is 0 Å². The van der Waals surface area contributed by atoms with Gasteiger partial charge in [0.15, 0.2) is 0 Å². The summed E-state index contributed by atoms with van der Waals surface area (Å²) in [6.07, 6.45) is 4.84. The Kier molecular flexibility index (Phi) is 1.17. The highest BCUT2D eigenvalue weighted by molar-refractivity contribution is 5.42. The average molecular weight is 105 g/mol. The topological polar surface area (TPSA) is 23.8 Å². The van der Waals surface area contributed by atoms with Crippen LogP contribution in [-0.2, 0) is 0 Å². The number of hydrogen-bond donors (Lipinski definition) is 0. The molecule has 8 heavy (non-hydrogen) atoms. The molecule has 0 unspecified atom stereocenters. The molecule has 0 radical (unpaired) electrons. The molecule has 40 valence electrons. The zero-order chi connectivity index (χ0) is 5.98. The summed E-state index contributed by atoms with van der Waals surface area (Å²) in [5.41, 5.74) is 2.03. The van der Waals surface area contributed by atoms with E-state index in [1.165, 1.54) is 5.57 Å². The van der Waals surface area contributed by atoms with Crippen LogP contribution in [0, 0.1) is 11.3 Å². The summed E-state index contributed by atoms with van der Waals surface area (Å²) in [6.45, 7) is 1.98. The molecule has 1 heteroatoms. The number of rotatable bonds is 0. The van der Waals surface area contributed by atoms with Crippen molar-refractivity contribution in [3.8, 4) is 6.07 Å². The lowest BCUT2D eigenvalue weighted by Gasteiger charge is -1.85. The quantitative estimate of drug-likeness (QED) is 0.460. The van der Waals surface area contributed by atoms with Crippen molar-refractivity contribution in [2.45, 2.75) is 13.3 Å². The Morgan fingerprint density at radius 2 is 2.50 bits per heavy atom. The predicted molar refractivity (Wildman–Crippen MR) is 32.1 cm³/mol. The number of nitriles is 1. The van der Waals surface area contributed by atoms with Crippen molar-refractivity contribution >= 4 is 0 Å². The Hall–Kier alpha value is -1.03. The minimum absolute atomic E-state index is 0.838. The second-order valence-corrected chi connectivity index (χ2v) is 1.91. The third-order valence-corrected chi connectivity index (χ3v) is 1.29. The van der Waals surface area contributed by atoms with Gasteiger partial charge >= 0.3 is 0 Å². The fourth-order valence-electron chi connectivity index (χ4n) is 0.738. The van der Waals surface area contributed by atoms with Gasteiger partial charge in [0.2, 0.25) is 0 Å². The molecule has 0 fully saturated rings. The van der Waals surface area contributed by atoms with Crippen LogP contribution in [0.2, 0.25) is 0 Å². The van der Waals surface area contributed by atoms with E-state index in [1.807, 2.05) is 19.1 Å². The molecule has 0 heterocycles. The fourth-order valence-corrected chi connectivity index (χ4v) is 0.738. The zero-order valence-corrected chi connectivity index (χ0v) is 4.81. The Morgan fingerprint density at radius 1 is 1.75 bits per heavy atom. The van der Waals surface area contributed by atoms with Crippen LogP contribution in [0.3, 0.4) is 0 Å². The van der Waals surface area contributed by atoms with E-state index < -0.39 is 0 Å². The summed E-state index contributed by atoms with van der Waals surface area (Å²) >= 11 is 0. The summed E-state index contributed by atoms with van der Waals surface area (Å²) in [6, 6.07) is 2.11. The smallest absolute Gasteiger partial charge is 0.0991 e. The Balaban J connectivity index is 2.91. The largest absolute Gasteiger partial charge is 0.192 e. The van der Waals surface area contributed by atoms with Gasteiger partial charge in [0.05, 0.1) is 11.6 Å². The van der Waals surface area contributed by atoms with Crippen LogP contribution in [0.4, 0.5) is 0 Å². The standard InChI is InChI=1S/C7H7N/c1-6-3-2-4-7(6)5-8/h2,4H,3H2,1H3. The maximum Gasteiger partial charge on any atom is 0.0991 e. The Labute approximate surface area is 48.9 Å². The molecule has 0 atom stereocenters. The first-order chi connectivity index (χ1) is 3.84. The van der Waals surface area contributed by atoms with Crippen LogP contribution in [0.15, 0.2) is 23.3 Å². The van der Waals surface area contributed by atoms with Crippen LogP contribution in [-0.4, -0.2) is 0 Å². The van der Waals surface area contributed by atoms with Crippen LogP contribution >= 0.6 is 0 Å². The molecule has 0 aliphatic heterocycles. The van der Waals surface area contributed by atoms with E-state index in [2.05, 4.69) is 6.07 Å². The van der Waals surface area contributed by atoms with Gasteiger partial charge in [-0.25, -0.2) is 0 Å². The average Bonchev–Trinajstić information content (AvgIpc) is 2.14. The molecule has 1 aliphatic rings. The second kappa shape index (κ2) is 1.83. The van der Waals surface area contributed by atoms with Crippen molar-refractivity contribution in [3.63, 3.8) is 0 Å². The molecule has 0 aromatic rings. The van der Waals surface area contributed by atoms with E-state index in [-0.39, 0.29) is 0 Å². The van der Waals surface area contributed by atoms with Crippen LogP contribution in [0.1, 0.15) is 13.3 Å². The maximum absolute atomic E-state index is 8.38. The summed E-state index contributed by atoms with van der Waals surface area (Å²) in [4.78, 5) is 0. The molecule has 0 spiro atoms. The number of allylic oxidation sites excluding steroid dienone is 4. The van der Waals surface area contributed by atoms with Gasteiger partial charge < -0.3 is 0 Å². The van der Waals surface area contributed by atoms with Crippen molar-refractivity contribution in [2.75, 3.05) is 0 Å². The van der Waals surface area contributed by atoms with E-state index >= 15 is 0 Å². The predicted octanol–water partition coefficient (Wildman–Crippen LogP) is 1.79. The molecule has 0 saturated carbocycles.